The molecule has 2 rings (SSSR count). The molecule has 0 heterocycles. The highest BCUT2D eigenvalue weighted by Crippen LogP contribution is 2.26. The van der Waals surface area contributed by atoms with Crippen molar-refractivity contribution in [2.24, 2.45) is 0 Å². The Labute approximate surface area is 162 Å². The van der Waals surface area contributed by atoms with Crippen LogP contribution in [0.3, 0.4) is 0 Å². The molecule has 0 aliphatic rings. The van der Waals surface area contributed by atoms with E-state index in [9.17, 15) is 10.1 Å². The van der Waals surface area contributed by atoms with Gasteiger partial charge in [0.05, 0.1) is 11.1 Å². The Morgan fingerprint density at radius 1 is 1.23 bits per heavy atom. The van der Waals surface area contributed by atoms with E-state index in [4.69, 9.17) is 9.47 Å². The Kier molecular flexibility index (Phi) is 7.43. The van der Waals surface area contributed by atoms with Crippen LogP contribution in [-0.2, 0) is 4.79 Å². The number of hydrogen-bond donors (Lipinski definition) is 0. The van der Waals surface area contributed by atoms with Gasteiger partial charge in [-0.05, 0) is 70.7 Å². The SMILES string of the molecule is CCCCOc1ccc(/C=C(\C#N)C(=O)Oc2ccc(C)cc2Br)cc1. The summed E-state index contributed by atoms with van der Waals surface area (Å²) >= 11 is 3.35. The molecule has 134 valence electrons. The van der Waals surface area contributed by atoms with E-state index in [1.807, 2.05) is 37.3 Å². The van der Waals surface area contributed by atoms with Crippen LogP contribution in [-0.4, -0.2) is 12.6 Å². The number of aryl methyl sites for hydroxylation is 1. The Morgan fingerprint density at radius 2 is 1.96 bits per heavy atom. The van der Waals surface area contributed by atoms with Crippen molar-refractivity contribution in [3.8, 4) is 17.6 Å². The number of halogens is 1. The molecule has 0 spiro atoms. The molecule has 0 aliphatic heterocycles. The van der Waals surface area contributed by atoms with E-state index in [1.165, 1.54) is 6.08 Å². The smallest absolute Gasteiger partial charge is 0.354 e. The summed E-state index contributed by atoms with van der Waals surface area (Å²) in [4.78, 5) is 12.3. The third-order valence-electron chi connectivity index (χ3n) is 3.59. The highest BCUT2D eigenvalue weighted by molar-refractivity contribution is 9.10. The maximum atomic E-state index is 12.3. The topological polar surface area (TPSA) is 59.3 Å². The van der Waals surface area contributed by atoms with Gasteiger partial charge in [0.15, 0.2) is 0 Å². The fourth-order valence-corrected chi connectivity index (χ4v) is 2.72. The molecule has 5 heteroatoms. The first-order valence-corrected chi connectivity index (χ1v) is 9.15. The second kappa shape index (κ2) is 9.79. The summed E-state index contributed by atoms with van der Waals surface area (Å²) in [5.74, 6) is 0.446. The van der Waals surface area contributed by atoms with Crippen LogP contribution in [0.25, 0.3) is 6.08 Å². The molecule has 0 aromatic heterocycles. The number of rotatable bonds is 7. The molecule has 0 fully saturated rings. The number of nitriles is 1. The third-order valence-corrected chi connectivity index (χ3v) is 4.21. The molecule has 0 saturated heterocycles. The van der Waals surface area contributed by atoms with E-state index in [-0.39, 0.29) is 5.57 Å². The molecule has 2 aromatic carbocycles. The van der Waals surface area contributed by atoms with Gasteiger partial charge in [-0.15, -0.1) is 0 Å². The monoisotopic (exact) mass is 413 g/mol. The molecule has 0 amide bonds. The van der Waals surface area contributed by atoms with E-state index in [2.05, 4.69) is 22.9 Å². The van der Waals surface area contributed by atoms with E-state index in [0.29, 0.717) is 16.8 Å². The van der Waals surface area contributed by atoms with Gasteiger partial charge in [-0.1, -0.05) is 31.5 Å². The minimum absolute atomic E-state index is 0.0721. The van der Waals surface area contributed by atoms with Crippen molar-refractivity contribution >= 4 is 28.0 Å². The van der Waals surface area contributed by atoms with Crippen molar-refractivity contribution in [1.82, 2.24) is 0 Å². The van der Waals surface area contributed by atoms with Gasteiger partial charge < -0.3 is 9.47 Å². The van der Waals surface area contributed by atoms with Gasteiger partial charge in [0.2, 0.25) is 0 Å². The van der Waals surface area contributed by atoms with Gasteiger partial charge in [-0.3, -0.25) is 0 Å². The number of unbranched alkanes of at least 4 members (excludes halogenated alkanes) is 1. The van der Waals surface area contributed by atoms with E-state index < -0.39 is 5.97 Å². The zero-order chi connectivity index (χ0) is 18.9. The summed E-state index contributed by atoms with van der Waals surface area (Å²) in [6.45, 7) is 4.72. The number of carbonyl (C=O) groups is 1. The summed E-state index contributed by atoms with van der Waals surface area (Å²) in [5.41, 5.74) is 1.69. The molecular weight excluding hydrogens is 394 g/mol. The number of nitrogens with zero attached hydrogens (tertiary/aromatic N) is 1. The van der Waals surface area contributed by atoms with Crippen LogP contribution >= 0.6 is 15.9 Å². The second-order valence-electron chi connectivity index (χ2n) is 5.76. The molecule has 0 atom stereocenters. The van der Waals surface area contributed by atoms with E-state index in [1.54, 1.807) is 18.2 Å². The number of hydrogen-bond acceptors (Lipinski definition) is 4. The molecule has 0 radical (unpaired) electrons. The molecular formula is C21H20BrNO3. The molecule has 2 aromatic rings. The van der Waals surface area contributed by atoms with Crippen LogP contribution in [0.1, 0.15) is 30.9 Å². The van der Waals surface area contributed by atoms with Crippen molar-refractivity contribution in [3.63, 3.8) is 0 Å². The molecule has 0 aliphatic carbocycles. The fourth-order valence-electron chi connectivity index (χ4n) is 2.14. The predicted molar refractivity (Wildman–Crippen MR) is 105 cm³/mol. The zero-order valence-corrected chi connectivity index (χ0v) is 16.4. The highest BCUT2D eigenvalue weighted by Gasteiger charge is 2.14. The molecule has 0 N–H and O–H groups in total. The van der Waals surface area contributed by atoms with Crippen LogP contribution < -0.4 is 9.47 Å². The number of carbonyl (C=O) groups excluding carboxylic acids is 1. The molecule has 26 heavy (non-hydrogen) atoms. The van der Waals surface area contributed by atoms with Gasteiger partial charge in [-0.25, -0.2) is 4.79 Å². The lowest BCUT2D eigenvalue weighted by Gasteiger charge is -2.07. The van der Waals surface area contributed by atoms with Crippen LogP contribution in [0.15, 0.2) is 52.5 Å². The van der Waals surface area contributed by atoms with Crippen molar-refractivity contribution in [3.05, 3.63) is 63.6 Å². The Balaban J connectivity index is 2.09. The molecule has 0 unspecified atom stereocenters. The largest absolute Gasteiger partial charge is 0.494 e. The lowest BCUT2D eigenvalue weighted by atomic mass is 10.1. The lowest BCUT2D eigenvalue weighted by Crippen LogP contribution is -2.10. The van der Waals surface area contributed by atoms with E-state index in [0.717, 1.165) is 29.7 Å². The second-order valence-corrected chi connectivity index (χ2v) is 6.62. The standard InChI is InChI=1S/C21H20BrNO3/c1-3-4-11-25-18-8-6-16(7-9-18)13-17(14-23)21(24)26-20-10-5-15(2)12-19(20)22/h5-10,12-13H,3-4,11H2,1-2H3/b17-13+. The summed E-state index contributed by atoms with van der Waals surface area (Å²) < 4.78 is 11.6. The van der Waals surface area contributed by atoms with Crippen molar-refractivity contribution in [2.45, 2.75) is 26.7 Å². The van der Waals surface area contributed by atoms with Gasteiger partial charge >= 0.3 is 5.97 Å². The van der Waals surface area contributed by atoms with Gasteiger partial charge in [0, 0.05) is 0 Å². The van der Waals surface area contributed by atoms with Crippen LogP contribution in [0, 0.1) is 18.3 Å². The first-order valence-electron chi connectivity index (χ1n) is 8.36. The highest BCUT2D eigenvalue weighted by atomic mass is 79.9. The normalized spacial score (nSPS) is 10.9. The molecule has 4 nitrogen and oxygen atoms in total. The Bertz CT molecular complexity index is 835. The number of benzene rings is 2. The van der Waals surface area contributed by atoms with Crippen molar-refractivity contribution < 1.29 is 14.3 Å². The van der Waals surface area contributed by atoms with Gasteiger partial charge in [-0.2, -0.15) is 5.26 Å². The lowest BCUT2D eigenvalue weighted by molar-refractivity contribution is -0.129. The number of ether oxygens (including phenoxy) is 2. The maximum Gasteiger partial charge on any atom is 0.354 e. The summed E-state index contributed by atoms with van der Waals surface area (Å²) in [7, 11) is 0. The summed E-state index contributed by atoms with van der Waals surface area (Å²) in [6, 6.07) is 14.5. The van der Waals surface area contributed by atoms with Crippen LogP contribution in [0.4, 0.5) is 0 Å². The quantitative estimate of drug-likeness (QED) is 0.199. The average Bonchev–Trinajstić information content (AvgIpc) is 2.63. The predicted octanol–water partition coefficient (Wildman–Crippen LogP) is 5.45. The van der Waals surface area contributed by atoms with Gasteiger partial charge in [0.25, 0.3) is 0 Å². The van der Waals surface area contributed by atoms with Crippen molar-refractivity contribution in [2.75, 3.05) is 6.61 Å². The summed E-state index contributed by atoms with van der Waals surface area (Å²) in [6.07, 6.45) is 3.58. The molecule has 0 saturated carbocycles. The first-order chi connectivity index (χ1) is 12.5. The van der Waals surface area contributed by atoms with Gasteiger partial charge in [0.1, 0.15) is 23.1 Å². The fraction of sp³-hybridized carbons (Fsp3) is 0.238. The van der Waals surface area contributed by atoms with Crippen molar-refractivity contribution in [1.29, 1.82) is 5.26 Å². The third kappa shape index (κ3) is 5.75. The zero-order valence-electron chi connectivity index (χ0n) is 14.8. The number of esters is 1. The van der Waals surface area contributed by atoms with E-state index >= 15 is 0 Å². The first kappa shape index (κ1) is 19.7. The summed E-state index contributed by atoms with van der Waals surface area (Å²) in [5, 5.41) is 9.29. The minimum Gasteiger partial charge on any atom is -0.494 e. The minimum atomic E-state index is -0.694. The maximum absolute atomic E-state index is 12.3. The van der Waals surface area contributed by atoms with Crippen LogP contribution in [0.2, 0.25) is 0 Å². The Hall–Kier alpha value is -2.58. The average molecular weight is 414 g/mol. The molecule has 0 bridgehead atoms. The Morgan fingerprint density at radius 3 is 2.58 bits per heavy atom. The van der Waals surface area contributed by atoms with Crippen LogP contribution in [0.5, 0.6) is 11.5 Å².